The van der Waals surface area contributed by atoms with E-state index in [1.165, 1.54) is 4.31 Å². The second-order valence-corrected chi connectivity index (χ2v) is 11.3. The number of aromatic nitrogens is 1. The van der Waals surface area contributed by atoms with Gasteiger partial charge in [0.25, 0.3) is 0 Å². The topological polar surface area (TPSA) is 100 Å². The maximum absolute atomic E-state index is 13.5. The van der Waals surface area contributed by atoms with Crippen LogP contribution in [0.4, 0.5) is 13.2 Å². The second-order valence-electron chi connectivity index (χ2n) is 9.23. The number of benzene rings is 2. The van der Waals surface area contributed by atoms with E-state index in [0.717, 1.165) is 46.4 Å². The number of halogens is 3. The molecule has 0 radical (unpaired) electrons. The molecule has 8 nitrogen and oxygen atoms in total. The Kier molecular flexibility index (Phi) is 8.36. The van der Waals surface area contributed by atoms with Crippen LogP contribution in [0.3, 0.4) is 0 Å². The van der Waals surface area contributed by atoms with Gasteiger partial charge in [-0.1, -0.05) is 30.3 Å². The summed E-state index contributed by atoms with van der Waals surface area (Å²) in [5.74, 6) is 0. The number of aryl methyl sites for hydroxylation is 1. The zero-order valence-electron chi connectivity index (χ0n) is 20.6. The summed E-state index contributed by atoms with van der Waals surface area (Å²) in [6.45, 7) is 1.89. The third-order valence-electron chi connectivity index (χ3n) is 6.61. The van der Waals surface area contributed by atoms with E-state index in [2.05, 4.69) is 4.98 Å². The Bertz CT molecular complexity index is 1380. The summed E-state index contributed by atoms with van der Waals surface area (Å²) in [5, 5.41) is 9.45. The van der Waals surface area contributed by atoms with Gasteiger partial charge in [0.05, 0.1) is 30.3 Å². The molecule has 204 valence electrons. The summed E-state index contributed by atoms with van der Waals surface area (Å²) in [5.41, 5.74) is 1.84. The van der Waals surface area contributed by atoms with Crippen LogP contribution >= 0.6 is 0 Å². The molecule has 1 atom stereocenters. The van der Waals surface area contributed by atoms with E-state index in [1.807, 2.05) is 37.3 Å². The molecule has 1 unspecified atom stereocenters. The van der Waals surface area contributed by atoms with Crippen LogP contribution in [-0.2, 0) is 32.3 Å². The lowest BCUT2D eigenvalue weighted by molar-refractivity contribution is -0.149. The predicted molar refractivity (Wildman–Crippen MR) is 134 cm³/mol. The summed E-state index contributed by atoms with van der Waals surface area (Å²) in [6, 6.07) is 13.4. The van der Waals surface area contributed by atoms with Gasteiger partial charge in [-0.05, 0) is 55.2 Å². The first-order valence-electron chi connectivity index (χ1n) is 12.0. The largest absolute Gasteiger partial charge is 0.416 e. The average molecular weight is 552 g/mol. The van der Waals surface area contributed by atoms with Crippen LogP contribution in [0, 0.1) is 6.92 Å². The maximum atomic E-state index is 13.5. The van der Waals surface area contributed by atoms with E-state index in [1.54, 1.807) is 0 Å². The lowest BCUT2D eigenvalue weighted by Gasteiger charge is -2.34. The van der Waals surface area contributed by atoms with Crippen LogP contribution in [0.15, 0.2) is 54.6 Å². The van der Waals surface area contributed by atoms with Gasteiger partial charge in [0.15, 0.2) is 0 Å². The Balaban J connectivity index is 1.45. The number of amides is 1. The van der Waals surface area contributed by atoms with E-state index in [4.69, 9.17) is 4.74 Å². The third-order valence-corrected chi connectivity index (χ3v) is 8.83. The Morgan fingerprint density at radius 2 is 1.82 bits per heavy atom. The molecule has 1 amide bonds. The first kappa shape index (κ1) is 28.0. The van der Waals surface area contributed by atoms with Crippen LogP contribution in [0.5, 0.6) is 0 Å². The van der Waals surface area contributed by atoms with E-state index in [9.17, 15) is 31.6 Å². The minimum Gasteiger partial charge on any atom is -0.373 e. The van der Waals surface area contributed by atoms with Crippen LogP contribution in [0.25, 0.3) is 10.9 Å². The number of hydrogen-bond donors (Lipinski definition) is 1. The molecule has 4 rings (SSSR count). The van der Waals surface area contributed by atoms with Crippen molar-refractivity contribution in [1.29, 1.82) is 0 Å². The molecule has 0 bridgehead atoms. The number of nitrogens with zero attached hydrogens (tertiary/aromatic N) is 3. The summed E-state index contributed by atoms with van der Waals surface area (Å²) < 4.78 is 73.3. The maximum Gasteiger partial charge on any atom is 0.416 e. The van der Waals surface area contributed by atoms with Gasteiger partial charge in [-0.15, -0.1) is 0 Å². The highest BCUT2D eigenvalue weighted by atomic mass is 32.2. The van der Waals surface area contributed by atoms with Gasteiger partial charge < -0.3 is 4.74 Å². The van der Waals surface area contributed by atoms with Crippen LogP contribution in [0.1, 0.15) is 40.5 Å². The van der Waals surface area contributed by atoms with Crippen molar-refractivity contribution in [2.45, 2.75) is 43.9 Å². The first-order valence-corrected chi connectivity index (χ1v) is 13.5. The fourth-order valence-corrected chi connectivity index (χ4v) is 6.55. The highest BCUT2D eigenvalue weighted by molar-refractivity contribution is 7.89. The third kappa shape index (κ3) is 6.32. The number of pyridine rings is 1. The zero-order chi connectivity index (χ0) is 27.5. The quantitative estimate of drug-likeness (QED) is 0.240. The van der Waals surface area contributed by atoms with Crippen molar-refractivity contribution in [3.8, 4) is 0 Å². The van der Waals surface area contributed by atoms with E-state index in [-0.39, 0.29) is 36.2 Å². The van der Waals surface area contributed by atoms with Crippen LogP contribution in [0.2, 0.25) is 0 Å². The molecule has 2 aromatic carbocycles. The van der Waals surface area contributed by atoms with Gasteiger partial charge in [-0.2, -0.15) is 13.2 Å². The molecule has 1 aliphatic heterocycles. The molecule has 1 aliphatic rings. The number of fused-ring (bicyclic) bond motifs is 1. The second kappa shape index (κ2) is 11.4. The molecule has 0 aliphatic carbocycles. The van der Waals surface area contributed by atoms with Crippen molar-refractivity contribution < 1.29 is 36.3 Å². The lowest BCUT2D eigenvalue weighted by Crippen LogP contribution is -2.44. The number of carbonyl (C=O) groups excluding carboxylic acids is 1. The molecule has 0 saturated carbocycles. The van der Waals surface area contributed by atoms with Crippen molar-refractivity contribution in [3.05, 3.63) is 77.0 Å². The number of sulfonamides is 1. The fraction of sp³-hybridized carbons (Fsp3) is 0.385. The molecule has 3 aromatic rings. The van der Waals surface area contributed by atoms with Crippen molar-refractivity contribution in [2.75, 3.05) is 19.6 Å². The van der Waals surface area contributed by atoms with E-state index in [0.29, 0.717) is 19.4 Å². The number of para-hydroxylation sites is 1. The van der Waals surface area contributed by atoms with Crippen molar-refractivity contribution in [1.82, 2.24) is 14.4 Å². The summed E-state index contributed by atoms with van der Waals surface area (Å²) in [6.07, 6.45) is -3.89. The monoisotopic (exact) mass is 551 g/mol. The van der Waals surface area contributed by atoms with Gasteiger partial charge in [0, 0.05) is 24.2 Å². The number of alkyl halides is 3. The van der Waals surface area contributed by atoms with Gasteiger partial charge in [0.1, 0.15) is 5.25 Å². The Labute approximate surface area is 218 Å². The first-order chi connectivity index (χ1) is 18.0. The standard InChI is InChI=1S/C26H28F3N3O5S/c1-18-14-20(23-4-2-3-5-24(23)30-18)16-37-22-10-12-32(13-11-22)38(35,36)25(15-31(34)17-33)19-6-8-21(9-7-19)26(27,28)29/h2-9,14,17,22,25,34H,10-13,15-16H2,1H3. The molecule has 0 spiro atoms. The molecule has 1 fully saturated rings. The number of piperidine rings is 1. The van der Waals surface area contributed by atoms with Crippen molar-refractivity contribution in [2.24, 2.45) is 0 Å². The summed E-state index contributed by atoms with van der Waals surface area (Å²) >= 11 is 0. The molecule has 1 N–H and O–H groups in total. The van der Waals surface area contributed by atoms with E-state index < -0.39 is 33.6 Å². The van der Waals surface area contributed by atoms with Gasteiger partial charge in [0.2, 0.25) is 16.4 Å². The van der Waals surface area contributed by atoms with Crippen LogP contribution < -0.4 is 0 Å². The molecule has 38 heavy (non-hydrogen) atoms. The van der Waals surface area contributed by atoms with Gasteiger partial charge in [-0.25, -0.2) is 17.8 Å². The fourth-order valence-electron chi connectivity index (χ4n) is 4.63. The predicted octanol–water partition coefficient (Wildman–Crippen LogP) is 4.46. The average Bonchev–Trinajstić information content (AvgIpc) is 2.89. The Morgan fingerprint density at radius 3 is 2.45 bits per heavy atom. The normalized spacial score (nSPS) is 16.4. The van der Waals surface area contributed by atoms with Crippen molar-refractivity contribution >= 4 is 27.3 Å². The van der Waals surface area contributed by atoms with E-state index >= 15 is 0 Å². The van der Waals surface area contributed by atoms with Gasteiger partial charge >= 0.3 is 6.18 Å². The van der Waals surface area contributed by atoms with Gasteiger partial charge in [-0.3, -0.25) is 15.0 Å². The number of hydroxylamine groups is 2. The smallest absolute Gasteiger partial charge is 0.373 e. The highest BCUT2D eigenvalue weighted by Crippen LogP contribution is 2.33. The minimum absolute atomic E-state index is 0.0391. The number of rotatable bonds is 9. The molecule has 1 saturated heterocycles. The molecule has 12 heteroatoms. The Hall–Kier alpha value is -3.06. The Morgan fingerprint density at radius 1 is 1.16 bits per heavy atom. The number of ether oxygens (including phenoxy) is 1. The number of hydrogen-bond acceptors (Lipinski definition) is 6. The molecular formula is C26H28F3N3O5S. The summed E-state index contributed by atoms with van der Waals surface area (Å²) in [7, 11) is -4.13. The lowest BCUT2D eigenvalue weighted by atomic mass is 10.1. The summed E-state index contributed by atoms with van der Waals surface area (Å²) in [4.78, 5) is 15.5. The number of carbonyl (C=O) groups is 1. The SMILES string of the molecule is Cc1cc(COC2CCN(S(=O)(=O)C(CN(O)C=O)c3ccc(C(F)(F)F)cc3)CC2)c2ccccc2n1. The molecule has 1 aromatic heterocycles. The molecule has 2 heterocycles. The van der Waals surface area contributed by atoms with Crippen LogP contribution in [-0.4, -0.2) is 60.1 Å². The van der Waals surface area contributed by atoms with Crippen molar-refractivity contribution in [3.63, 3.8) is 0 Å². The zero-order valence-corrected chi connectivity index (χ0v) is 21.5. The highest BCUT2D eigenvalue weighted by Gasteiger charge is 2.38. The molecular weight excluding hydrogens is 523 g/mol. The minimum atomic E-state index is -4.58.